The fourth-order valence-corrected chi connectivity index (χ4v) is 4.87. The number of likely N-dealkylation sites (N-methyl/N-ethyl adjacent to an activating group) is 1. The number of esters is 1. The van der Waals surface area contributed by atoms with Gasteiger partial charge < -0.3 is 14.7 Å². The Morgan fingerprint density at radius 1 is 1.12 bits per heavy atom. The minimum Gasteiger partial charge on any atom is -0.462 e. The van der Waals surface area contributed by atoms with Gasteiger partial charge in [-0.3, -0.25) is 4.79 Å². The number of nitrogens with one attached hydrogen (secondary N) is 2. The van der Waals surface area contributed by atoms with Crippen LogP contribution in [0.15, 0.2) is 64.4 Å². The van der Waals surface area contributed by atoms with Gasteiger partial charge in [0, 0.05) is 36.1 Å². The number of aromatic amines is 2. The van der Waals surface area contributed by atoms with Crippen LogP contribution in [0.3, 0.4) is 0 Å². The monoisotopic (exact) mass is 453 g/mol. The number of fused-ring (bicyclic) bond motifs is 3. The zero-order valence-electron chi connectivity index (χ0n) is 17.7. The first-order valence-corrected chi connectivity index (χ1v) is 11.6. The van der Waals surface area contributed by atoms with Crippen molar-refractivity contribution in [3.63, 3.8) is 0 Å². The summed E-state index contributed by atoms with van der Waals surface area (Å²) in [4.78, 5) is 30.4. The summed E-state index contributed by atoms with van der Waals surface area (Å²) in [6, 6.07) is 14.1. The second-order valence-electron chi connectivity index (χ2n) is 7.40. The van der Waals surface area contributed by atoms with E-state index in [9.17, 15) is 18.0 Å². The number of hydrogen-bond donors (Lipinski definition) is 2. The van der Waals surface area contributed by atoms with Gasteiger partial charge in [-0.1, -0.05) is 30.3 Å². The minimum atomic E-state index is -3.79. The molecular formula is C23H23N3O5S. The summed E-state index contributed by atoms with van der Waals surface area (Å²) in [5.41, 5.74) is 1.44. The molecule has 0 atom stereocenters. The zero-order chi connectivity index (χ0) is 22.9. The van der Waals surface area contributed by atoms with Crippen LogP contribution in [-0.2, 0) is 21.2 Å². The van der Waals surface area contributed by atoms with Gasteiger partial charge in [-0.05, 0) is 37.1 Å². The predicted molar refractivity (Wildman–Crippen MR) is 122 cm³/mol. The van der Waals surface area contributed by atoms with E-state index in [0.717, 1.165) is 5.56 Å². The average molecular weight is 454 g/mol. The van der Waals surface area contributed by atoms with Gasteiger partial charge in [-0.25, -0.2) is 17.5 Å². The third-order valence-electron chi connectivity index (χ3n) is 5.38. The van der Waals surface area contributed by atoms with Crippen LogP contribution in [0.1, 0.15) is 22.8 Å². The van der Waals surface area contributed by atoms with Crippen molar-refractivity contribution in [2.75, 3.05) is 20.2 Å². The first-order chi connectivity index (χ1) is 15.3. The van der Waals surface area contributed by atoms with Crippen LogP contribution < -0.4 is 5.56 Å². The van der Waals surface area contributed by atoms with Crippen molar-refractivity contribution in [1.82, 2.24) is 14.3 Å². The SMILES string of the molecule is CCOC(=O)c1c[nH]c2c(=O)[nH]c3ccc(S(=O)(=O)N(C)CCc4ccccc4)cc3c12. The van der Waals surface area contributed by atoms with Gasteiger partial charge in [0.05, 0.1) is 17.1 Å². The number of aromatic nitrogens is 2. The highest BCUT2D eigenvalue weighted by molar-refractivity contribution is 7.89. The van der Waals surface area contributed by atoms with Crippen LogP contribution in [0.5, 0.6) is 0 Å². The Kier molecular flexibility index (Phi) is 5.86. The Balaban J connectivity index is 1.77. The first kappa shape index (κ1) is 21.8. The van der Waals surface area contributed by atoms with E-state index in [0.29, 0.717) is 29.3 Å². The molecular weight excluding hydrogens is 430 g/mol. The summed E-state index contributed by atoms with van der Waals surface area (Å²) in [6.45, 7) is 2.18. The lowest BCUT2D eigenvalue weighted by Gasteiger charge is -2.17. The molecule has 0 saturated heterocycles. The lowest BCUT2D eigenvalue weighted by Crippen LogP contribution is -2.29. The number of pyridine rings is 1. The molecule has 0 unspecified atom stereocenters. The summed E-state index contributed by atoms with van der Waals surface area (Å²) in [7, 11) is -2.26. The summed E-state index contributed by atoms with van der Waals surface area (Å²) < 4.78 is 32.8. The molecule has 0 fully saturated rings. The first-order valence-electron chi connectivity index (χ1n) is 10.2. The van der Waals surface area contributed by atoms with E-state index in [1.165, 1.54) is 35.7 Å². The van der Waals surface area contributed by atoms with E-state index in [1.54, 1.807) is 6.92 Å². The van der Waals surface area contributed by atoms with Gasteiger partial charge in [0.2, 0.25) is 10.0 Å². The molecule has 2 aromatic carbocycles. The molecule has 0 radical (unpaired) electrons. The third-order valence-corrected chi connectivity index (χ3v) is 7.23. The molecule has 0 aliphatic rings. The van der Waals surface area contributed by atoms with E-state index >= 15 is 0 Å². The summed E-state index contributed by atoms with van der Waals surface area (Å²) in [6.07, 6.45) is 1.98. The molecule has 4 rings (SSSR count). The quantitative estimate of drug-likeness (QED) is 0.418. The standard InChI is InChI=1S/C23H23N3O5S/c1-3-31-23(28)18-14-24-21-20(18)17-13-16(9-10-19(17)25-22(21)27)32(29,30)26(2)12-11-15-7-5-4-6-8-15/h4-10,13-14,24H,3,11-12H2,1-2H3,(H,25,27). The third kappa shape index (κ3) is 3.92. The largest absolute Gasteiger partial charge is 0.462 e. The Morgan fingerprint density at radius 3 is 2.59 bits per heavy atom. The number of sulfonamides is 1. The molecule has 0 saturated carbocycles. The molecule has 2 heterocycles. The van der Waals surface area contributed by atoms with Gasteiger partial charge in [0.15, 0.2) is 0 Å². The molecule has 166 valence electrons. The molecule has 2 aromatic heterocycles. The maximum Gasteiger partial charge on any atom is 0.340 e. The van der Waals surface area contributed by atoms with Gasteiger partial charge in [-0.15, -0.1) is 0 Å². The van der Waals surface area contributed by atoms with Gasteiger partial charge in [-0.2, -0.15) is 0 Å². The van der Waals surface area contributed by atoms with Crippen LogP contribution >= 0.6 is 0 Å². The number of nitrogens with zero attached hydrogens (tertiary/aromatic N) is 1. The minimum absolute atomic E-state index is 0.0740. The number of benzene rings is 2. The van der Waals surface area contributed by atoms with E-state index in [4.69, 9.17) is 4.74 Å². The summed E-state index contributed by atoms with van der Waals surface area (Å²) in [5, 5.41) is 0.785. The van der Waals surface area contributed by atoms with Crippen molar-refractivity contribution in [1.29, 1.82) is 0 Å². The Morgan fingerprint density at radius 2 is 1.88 bits per heavy atom. The molecule has 32 heavy (non-hydrogen) atoms. The lowest BCUT2D eigenvalue weighted by atomic mass is 10.1. The van der Waals surface area contributed by atoms with Gasteiger partial charge >= 0.3 is 5.97 Å². The molecule has 0 aliphatic heterocycles. The Bertz CT molecular complexity index is 1460. The highest BCUT2D eigenvalue weighted by atomic mass is 32.2. The molecule has 0 aliphatic carbocycles. The predicted octanol–water partition coefficient (Wildman–Crippen LogP) is 3.05. The highest BCUT2D eigenvalue weighted by Crippen LogP contribution is 2.28. The molecule has 4 aromatic rings. The van der Waals surface area contributed by atoms with Crippen molar-refractivity contribution in [2.24, 2.45) is 0 Å². The van der Waals surface area contributed by atoms with Gasteiger partial charge in [0.25, 0.3) is 5.56 Å². The zero-order valence-corrected chi connectivity index (χ0v) is 18.5. The number of H-pyrrole nitrogens is 2. The molecule has 2 N–H and O–H groups in total. The number of carbonyl (C=O) groups excluding carboxylic acids is 1. The maximum absolute atomic E-state index is 13.2. The average Bonchev–Trinajstić information content (AvgIpc) is 3.24. The van der Waals surface area contributed by atoms with Crippen LogP contribution in [-0.4, -0.2) is 48.9 Å². The molecule has 0 bridgehead atoms. The van der Waals surface area contributed by atoms with Crippen molar-refractivity contribution >= 4 is 37.8 Å². The van der Waals surface area contributed by atoms with Crippen molar-refractivity contribution in [3.8, 4) is 0 Å². The number of rotatable bonds is 7. The van der Waals surface area contributed by atoms with Crippen molar-refractivity contribution in [3.05, 3.63) is 76.2 Å². The van der Waals surface area contributed by atoms with Crippen LogP contribution in [0, 0.1) is 0 Å². The van der Waals surface area contributed by atoms with E-state index in [2.05, 4.69) is 9.97 Å². The van der Waals surface area contributed by atoms with Crippen LogP contribution in [0.4, 0.5) is 0 Å². The van der Waals surface area contributed by atoms with E-state index in [-0.39, 0.29) is 22.6 Å². The number of ether oxygens (including phenoxy) is 1. The normalized spacial score (nSPS) is 12.0. The molecule has 9 heteroatoms. The fourth-order valence-electron chi connectivity index (χ4n) is 3.67. The smallest absolute Gasteiger partial charge is 0.340 e. The fraction of sp³-hybridized carbons (Fsp3) is 0.217. The second-order valence-corrected chi connectivity index (χ2v) is 9.44. The van der Waals surface area contributed by atoms with E-state index in [1.807, 2.05) is 30.3 Å². The van der Waals surface area contributed by atoms with Crippen LogP contribution in [0.25, 0.3) is 21.8 Å². The maximum atomic E-state index is 13.2. The molecule has 8 nitrogen and oxygen atoms in total. The van der Waals surface area contributed by atoms with Crippen LogP contribution in [0.2, 0.25) is 0 Å². The van der Waals surface area contributed by atoms with E-state index < -0.39 is 21.6 Å². The lowest BCUT2D eigenvalue weighted by molar-refractivity contribution is 0.0529. The molecule has 0 amide bonds. The van der Waals surface area contributed by atoms with Crippen molar-refractivity contribution in [2.45, 2.75) is 18.2 Å². The molecule has 0 spiro atoms. The summed E-state index contributed by atoms with van der Waals surface area (Å²) >= 11 is 0. The Labute approximate surface area is 184 Å². The van der Waals surface area contributed by atoms with Gasteiger partial charge in [0.1, 0.15) is 5.52 Å². The Hall–Kier alpha value is -3.43. The second kappa shape index (κ2) is 8.60. The number of hydrogen-bond acceptors (Lipinski definition) is 5. The highest BCUT2D eigenvalue weighted by Gasteiger charge is 2.23. The topological polar surface area (TPSA) is 112 Å². The number of carbonyl (C=O) groups is 1. The van der Waals surface area contributed by atoms with Crippen molar-refractivity contribution < 1.29 is 17.9 Å². The summed E-state index contributed by atoms with van der Waals surface area (Å²) in [5.74, 6) is -0.584.